The minimum Gasteiger partial charge on any atom is -0.377 e. The van der Waals surface area contributed by atoms with Gasteiger partial charge in [0.2, 0.25) is 0 Å². The molecule has 0 aromatic carbocycles. The van der Waals surface area contributed by atoms with Crippen LogP contribution in [0.2, 0.25) is 0 Å². The van der Waals surface area contributed by atoms with Crippen LogP contribution < -0.4 is 11.2 Å². The van der Waals surface area contributed by atoms with Gasteiger partial charge in [0, 0.05) is 12.5 Å². The third-order valence-corrected chi connectivity index (χ3v) is 3.37. The number of fused-ring (bicyclic) bond motifs is 1. The molecule has 2 unspecified atom stereocenters. The summed E-state index contributed by atoms with van der Waals surface area (Å²) in [6.07, 6.45) is 1.89. The molecule has 0 spiro atoms. The third kappa shape index (κ3) is 1.67. The summed E-state index contributed by atoms with van der Waals surface area (Å²) < 4.78 is 5.60. The van der Waals surface area contributed by atoms with E-state index in [1.807, 2.05) is 0 Å². The van der Waals surface area contributed by atoms with E-state index in [1.54, 1.807) is 0 Å². The quantitative estimate of drug-likeness (QED) is 0.709. The Labute approximate surface area is 102 Å². The second kappa shape index (κ2) is 4.09. The zero-order valence-corrected chi connectivity index (χ0v) is 9.95. The molecule has 3 rings (SSSR count). The molecule has 0 radical (unpaired) electrons. The first-order valence-corrected chi connectivity index (χ1v) is 6.03. The minimum atomic E-state index is -0.541. The highest BCUT2D eigenvalue weighted by atomic mass is 16.5. The highest BCUT2D eigenvalue weighted by Crippen LogP contribution is 2.31. The van der Waals surface area contributed by atoms with Gasteiger partial charge in [-0.25, -0.2) is 9.78 Å². The summed E-state index contributed by atoms with van der Waals surface area (Å²) in [6, 6.07) is 0. The molecule has 3 N–H and O–H groups in total. The fraction of sp³-hybridized carbons (Fsp3) is 0.545. The maximum absolute atomic E-state index is 11.6. The highest BCUT2D eigenvalue weighted by Gasteiger charge is 2.30. The fourth-order valence-electron chi connectivity index (χ4n) is 2.49. The van der Waals surface area contributed by atoms with Crippen molar-refractivity contribution in [1.82, 2.24) is 19.9 Å². The van der Waals surface area contributed by atoms with E-state index in [-0.39, 0.29) is 12.0 Å². The maximum atomic E-state index is 11.6. The number of aromatic amines is 3. The van der Waals surface area contributed by atoms with E-state index in [0.29, 0.717) is 23.6 Å². The zero-order valence-electron chi connectivity index (χ0n) is 9.95. The monoisotopic (exact) mass is 250 g/mol. The Hall–Kier alpha value is -1.89. The maximum Gasteiger partial charge on any atom is 0.327 e. The normalized spacial score (nSPS) is 23.8. The van der Waals surface area contributed by atoms with Gasteiger partial charge in [0.15, 0.2) is 5.65 Å². The molecule has 2 atom stereocenters. The molecule has 0 amide bonds. The molecule has 7 heteroatoms. The van der Waals surface area contributed by atoms with Gasteiger partial charge in [-0.05, 0) is 12.8 Å². The van der Waals surface area contributed by atoms with Crippen molar-refractivity contribution in [3.63, 3.8) is 0 Å². The summed E-state index contributed by atoms with van der Waals surface area (Å²) in [5, 5.41) is 0. The molecule has 1 fully saturated rings. The number of H-pyrrole nitrogens is 3. The topological polar surface area (TPSA) is 104 Å². The van der Waals surface area contributed by atoms with Crippen molar-refractivity contribution >= 4 is 11.2 Å². The lowest BCUT2D eigenvalue weighted by Gasteiger charge is -2.13. The first kappa shape index (κ1) is 11.2. The largest absolute Gasteiger partial charge is 0.377 e. The fourth-order valence-corrected chi connectivity index (χ4v) is 2.49. The van der Waals surface area contributed by atoms with E-state index >= 15 is 0 Å². The van der Waals surface area contributed by atoms with Crippen LogP contribution in [0.15, 0.2) is 9.59 Å². The summed E-state index contributed by atoms with van der Waals surface area (Å²) >= 11 is 0. The van der Waals surface area contributed by atoms with Gasteiger partial charge >= 0.3 is 5.69 Å². The van der Waals surface area contributed by atoms with Crippen LogP contribution in [0, 0.1) is 0 Å². The smallest absolute Gasteiger partial charge is 0.327 e. The molecule has 2 aromatic rings. The molecular formula is C11H14N4O3. The van der Waals surface area contributed by atoms with Gasteiger partial charge in [-0.3, -0.25) is 14.8 Å². The summed E-state index contributed by atoms with van der Waals surface area (Å²) in [7, 11) is 0. The molecular weight excluding hydrogens is 236 g/mol. The predicted molar refractivity (Wildman–Crippen MR) is 64.7 cm³/mol. The first-order valence-electron chi connectivity index (χ1n) is 6.03. The first-order chi connectivity index (χ1) is 8.69. The highest BCUT2D eigenvalue weighted by molar-refractivity contribution is 5.68. The van der Waals surface area contributed by atoms with Gasteiger partial charge in [0.05, 0.1) is 6.10 Å². The lowest BCUT2D eigenvalue weighted by atomic mass is 9.99. The Kier molecular flexibility index (Phi) is 2.55. The lowest BCUT2D eigenvalue weighted by Crippen LogP contribution is -2.21. The molecule has 1 aliphatic heterocycles. The Morgan fingerprint density at radius 1 is 1.33 bits per heavy atom. The molecule has 2 aromatic heterocycles. The number of hydrogen-bond donors (Lipinski definition) is 3. The number of imidazole rings is 1. The third-order valence-electron chi connectivity index (χ3n) is 3.37. The molecule has 0 aliphatic carbocycles. The van der Waals surface area contributed by atoms with Crippen LogP contribution in [-0.2, 0) is 4.74 Å². The molecule has 1 saturated heterocycles. The van der Waals surface area contributed by atoms with Crippen molar-refractivity contribution in [2.24, 2.45) is 0 Å². The van der Waals surface area contributed by atoms with Crippen LogP contribution in [0.4, 0.5) is 0 Å². The number of nitrogens with one attached hydrogen (secondary N) is 3. The molecule has 3 heterocycles. The molecule has 7 nitrogen and oxygen atoms in total. The van der Waals surface area contributed by atoms with Gasteiger partial charge in [0.1, 0.15) is 11.3 Å². The van der Waals surface area contributed by atoms with Crippen LogP contribution in [-0.4, -0.2) is 32.6 Å². The van der Waals surface area contributed by atoms with Gasteiger partial charge in [0.25, 0.3) is 5.56 Å². The Morgan fingerprint density at radius 2 is 2.17 bits per heavy atom. The van der Waals surface area contributed by atoms with Gasteiger partial charge < -0.3 is 9.72 Å². The Morgan fingerprint density at radius 3 is 2.94 bits per heavy atom. The number of aromatic nitrogens is 4. The second-order valence-electron chi connectivity index (χ2n) is 4.47. The van der Waals surface area contributed by atoms with Gasteiger partial charge in [-0.2, -0.15) is 0 Å². The Bertz CT molecular complexity index is 683. The number of ether oxygens (including phenoxy) is 1. The average molecular weight is 250 g/mol. The average Bonchev–Trinajstić information content (AvgIpc) is 2.92. The van der Waals surface area contributed by atoms with E-state index in [4.69, 9.17) is 4.74 Å². The predicted octanol–water partition coefficient (Wildman–Crippen LogP) is 0.222. The summed E-state index contributed by atoms with van der Waals surface area (Å²) in [4.78, 5) is 34.7. The number of rotatable bonds is 2. The number of nitrogens with zero attached hydrogens (tertiary/aromatic N) is 1. The van der Waals surface area contributed by atoms with Crippen molar-refractivity contribution in [3.8, 4) is 0 Å². The van der Waals surface area contributed by atoms with E-state index in [9.17, 15) is 9.59 Å². The second-order valence-corrected chi connectivity index (χ2v) is 4.47. The van der Waals surface area contributed by atoms with E-state index in [0.717, 1.165) is 12.8 Å². The zero-order chi connectivity index (χ0) is 12.7. The van der Waals surface area contributed by atoms with Crippen molar-refractivity contribution < 1.29 is 4.74 Å². The van der Waals surface area contributed by atoms with Gasteiger partial charge in [-0.1, -0.05) is 6.92 Å². The van der Waals surface area contributed by atoms with Crippen LogP contribution in [0.3, 0.4) is 0 Å². The van der Waals surface area contributed by atoms with E-state index < -0.39 is 11.2 Å². The van der Waals surface area contributed by atoms with Crippen LogP contribution in [0.1, 0.15) is 31.5 Å². The van der Waals surface area contributed by atoms with Crippen molar-refractivity contribution in [2.45, 2.75) is 31.8 Å². The lowest BCUT2D eigenvalue weighted by molar-refractivity contribution is 0.0996. The summed E-state index contributed by atoms with van der Waals surface area (Å²) in [6.45, 7) is 2.76. The van der Waals surface area contributed by atoms with Crippen molar-refractivity contribution in [3.05, 3.63) is 26.7 Å². The van der Waals surface area contributed by atoms with Crippen LogP contribution in [0.25, 0.3) is 11.2 Å². The summed E-state index contributed by atoms with van der Waals surface area (Å²) in [5.41, 5.74) is -0.369. The van der Waals surface area contributed by atoms with Crippen molar-refractivity contribution in [1.29, 1.82) is 0 Å². The molecule has 0 bridgehead atoms. The van der Waals surface area contributed by atoms with Crippen molar-refractivity contribution in [2.75, 3.05) is 6.61 Å². The standard InChI is InChI=1S/C11H14N4O3/c1-2-6-5(3-4-18-6)8-12-7-9(13-8)14-11(17)15-10(7)16/h5-6H,2-4H2,1H3,(H3,12,13,14,15,16,17). The van der Waals surface area contributed by atoms with Crippen LogP contribution >= 0.6 is 0 Å². The SMILES string of the molecule is CCC1OCCC1c1nc2[nH]c(=O)[nH]c(=O)c2[nH]1. The Balaban J connectivity index is 2.11. The van der Waals surface area contributed by atoms with Gasteiger partial charge in [-0.15, -0.1) is 0 Å². The molecule has 0 saturated carbocycles. The summed E-state index contributed by atoms with van der Waals surface area (Å²) in [5.74, 6) is 0.868. The molecule has 1 aliphatic rings. The minimum absolute atomic E-state index is 0.122. The van der Waals surface area contributed by atoms with E-state index in [1.165, 1.54) is 0 Å². The molecule has 18 heavy (non-hydrogen) atoms. The van der Waals surface area contributed by atoms with Crippen LogP contribution in [0.5, 0.6) is 0 Å². The number of hydrogen-bond acceptors (Lipinski definition) is 4. The molecule has 96 valence electrons. The van der Waals surface area contributed by atoms with E-state index in [2.05, 4.69) is 26.9 Å².